The van der Waals surface area contributed by atoms with Gasteiger partial charge in [-0.3, -0.25) is 0 Å². The second-order valence-electron chi connectivity index (χ2n) is 6.78. The Morgan fingerprint density at radius 2 is 1.31 bits per heavy atom. The first-order valence-electron chi connectivity index (χ1n) is 9.10. The highest BCUT2D eigenvalue weighted by atomic mass is 79.9. The minimum absolute atomic E-state index is 0.932. The van der Waals surface area contributed by atoms with E-state index in [1.54, 1.807) is 0 Å². The molecule has 130 valence electrons. The van der Waals surface area contributed by atoms with E-state index >= 15 is 0 Å². The van der Waals surface area contributed by atoms with Crippen molar-refractivity contribution in [2.45, 2.75) is 25.9 Å². The third-order valence-electron chi connectivity index (χ3n) is 4.94. The zero-order valence-electron chi connectivity index (χ0n) is 14.7. The van der Waals surface area contributed by atoms with Crippen LogP contribution in [0.4, 0.5) is 0 Å². The zero-order valence-corrected chi connectivity index (χ0v) is 16.3. The van der Waals surface area contributed by atoms with Gasteiger partial charge in [-0.2, -0.15) is 0 Å². The molecule has 0 amide bonds. The first-order chi connectivity index (χ1) is 12.8. The first-order valence-corrected chi connectivity index (χ1v) is 9.89. The normalized spacial score (nSPS) is 13.0. The van der Waals surface area contributed by atoms with Gasteiger partial charge in [0.05, 0.1) is 0 Å². The number of hydrogen-bond donors (Lipinski definition) is 0. The summed E-state index contributed by atoms with van der Waals surface area (Å²) in [6, 6.07) is 28.0. The van der Waals surface area contributed by atoms with Crippen molar-refractivity contribution >= 4 is 22.0 Å². The summed E-state index contributed by atoms with van der Waals surface area (Å²) in [7, 11) is 0. The van der Waals surface area contributed by atoms with Gasteiger partial charge in [0.1, 0.15) is 0 Å². The van der Waals surface area contributed by atoms with Crippen molar-refractivity contribution in [3.8, 4) is 0 Å². The summed E-state index contributed by atoms with van der Waals surface area (Å²) in [6.07, 6.45) is 4.55. The van der Waals surface area contributed by atoms with Crippen molar-refractivity contribution < 1.29 is 0 Å². The SMILES string of the molecule is Brc1cccc2c1C=C(N(Cc1ccccc1)Cc1ccccc1)CC2. The largest absolute Gasteiger partial charge is 0.366 e. The molecule has 1 nitrogen and oxygen atoms in total. The summed E-state index contributed by atoms with van der Waals surface area (Å²) in [5, 5.41) is 0. The summed E-state index contributed by atoms with van der Waals surface area (Å²) in [4.78, 5) is 2.52. The van der Waals surface area contributed by atoms with Gasteiger partial charge in [0, 0.05) is 23.3 Å². The van der Waals surface area contributed by atoms with E-state index < -0.39 is 0 Å². The van der Waals surface area contributed by atoms with Crippen LogP contribution in [-0.4, -0.2) is 4.90 Å². The van der Waals surface area contributed by atoms with Gasteiger partial charge in [-0.05, 0) is 47.2 Å². The molecule has 3 aromatic rings. The summed E-state index contributed by atoms with van der Waals surface area (Å²) < 4.78 is 1.19. The molecule has 0 bridgehead atoms. The van der Waals surface area contributed by atoms with Crippen LogP contribution < -0.4 is 0 Å². The van der Waals surface area contributed by atoms with Gasteiger partial charge in [-0.25, -0.2) is 0 Å². The average Bonchev–Trinajstić information content (AvgIpc) is 2.69. The molecule has 0 N–H and O–H groups in total. The van der Waals surface area contributed by atoms with Crippen LogP contribution in [0, 0.1) is 0 Å². The molecule has 2 heteroatoms. The zero-order chi connectivity index (χ0) is 17.8. The van der Waals surface area contributed by atoms with Crippen LogP contribution >= 0.6 is 15.9 Å². The number of halogens is 1. The van der Waals surface area contributed by atoms with Gasteiger partial charge in [0.2, 0.25) is 0 Å². The lowest BCUT2D eigenvalue weighted by Crippen LogP contribution is -2.24. The Morgan fingerprint density at radius 3 is 1.92 bits per heavy atom. The average molecular weight is 404 g/mol. The number of benzene rings is 3. The Morgan fingerprint density at radius 1 is 0.692 bits per heavy atom. The smallest absolute Gasteiger partial charge is 0.0430 e. The monoisotopic (exact) mass is 403 g/mol. The summed E-state index contributed by atoms with van der Waals surface area (Å²) in [6.45, 7) is 1.86. The minimum atomic E-state index is 0.932. The lowest BCUT2D eigenvalue weighted by Gasteiger charge is -2.31. The fourth-order valence-corrected chi connectivity index (χ4v) is 4.10. The quantitative estimate of drug-likeness (QED) is 0.473. The fourth-order valence-electron chi connectivity index (χ4n) is 3.58. The highest BCUT2D eigenvalue weighted by Gasteiger charge is 2.18. The van der Waals surface area contributed by atoms with Crippen molar-refractivity contribution in [2.24, 2.45) is 0 Å². The van der Waals surface area contributed by atoms with E-state index in [4.69, 9.17) is 0 Å². The van der Waals surface area contributed by atoms with Crippen LogP contribution in [0.5, 0.6) is 0 Å². The highest BCUT2D eigenvalue weighted by molar-refractivity contribution is 9.10. The van der Waals surface area contributed by atoms with Gasteiger partial charge in [0.15, 0.2) is 0 Å². The maximum absolute atomic E-state index is 3.73. The predicted molar refractivity (Wildman–Crippen MR) is 113 cm³/mol. The third kappa shape index (κ3) is 3.91. The van der Waals surface area contributed by atoms with E-state index in [1.807, 2.05) is 0 Å². The van der Waals surface area contributed by atoms with Crippen molar-refractivity contribution in [3.05, 3.63) is 111 Å². The molecule has 0 aliphatic heterocycles. The molecular formula is C24H22BrN. The third-order valence-corrected chi connectivity index (χ3v) is 5.63. The number of aryl methyl sites for hydroxylation is 1. The number of nitrogens with zero attached hydrogens (tertiary/aromatic N) is 1. The maximum Gasteiger partial charge on any atom is 0.0430 e. The molecule has 26 heavy (non-hydrogen) atoms. The van der Waals surface area contributed by atoms with Crippen LogP contribution in [0.3, 0.4) is 0 Å². The summed E-state index contributed by atoms with van der Waals surface area (Å²) in [5.41, 5.74) is 6.88. The number of fused-ring (bicyclic) bond motifs is 1. The fraction of sp³-hybridized carbons (Fsp3) is 0.167. The predicted octanol–water partition coefficient (Wildman–Crippen LogP) is 6.44. The second kappa shape index (κ2) is 7.92. The van der Waals surface area contributed by atoms with E-state index in [0.29, 0.717) is 0 Å². The Balaban J connectivity index is 1.67. The van der Waals surface area contributed by atoms with Gasteiger partial charge >= 0.3 is 0 Å². The van der Waals surface area contributed by atoms with Crippen LogP contribution in [0.25, 0.3) is 6.08 Å². The van der Waals surface area contributed by atoms with E-state index in [-0.39, 0.29) is 0 Å². The van der Waals surface area contributed by atoms with Crippen LogP contribution in [0.15, 0.2) is 89.0 Å². The van der Waals surface area contributed by atoms with Crippen molar-refractivity contribution in [3.63, 3.8) is 0 Å². The highest BCUT2D eigenvalue weighted by Crippen LogP contribution is 2.32. The first kappa shape index (κ1) is 17.1. The molecule has 0 saturated heterocycles. The molecule has 0 radical (unpaired) electrons. The topological polar surface area (TPSA) is 3.24 Å². The lowest BCUT2D eigenvalue weighted by molar-refractivity contribution is 0.318. The Kier molecular flexibility index (Phi) is 5.21. The van der Waals surface area contributed by atoms with Crippen molar-refractivity contribution in [1.29, 1.82) is 0 Å². The van der Waals surface area contributed by atoms with Gasteiger partial charge in [-0.15, -0.1) is 0 Å². The van der Waals surface area contributed by atoms with Crippen LogP contribution in [0.2, 0.25) is 0 Å². The number of rotatable bonds is 5. The molecule has 4 rings (SSSR count). The lowest BCUT2D eigenvalue weighted by atomic mass is 9.94. The molecule has 3 aromatic carbocycles. The Hall–Kier alpha value is -2.32. The second-order valence-corrected chi connectivity index (χ2v) is 7.63. The molecule has 0 fully saturated rings. The Bertz CT molecular complexity index is 859. The number of allylic oxidation sites excluding steroid dienone is 1. The molecule has 0 atom stereocenters. The Labute approximate surface area is 164 Å². The van der Waals surface area contributed by atoms with Gasteiger partial charge < -0.3 is 4.90 Å². The van der Waals surface area contributed by atoms with E-state index in [1.165, 1.54) is 32.4 Å². The summed E-state index contributed by atoms with van der Waals surface area (Å²) in [5.74, 6) is 0. The summed E-state index contributed by atoms with van der Waals surface area (Å²) >= 11 is 3.73. The molecule has 0 aromatic heterocycles. The van der Waals surface area contributed by atoms with E-state index in [2.05, 4.69) is 106 Å². The molecule has 1 aliphatic rings. The molecule has 0 spiro atoms. The minimum Gasteiger partial charge on any atom is -0.366 e. The van der Waals surface area contributed by atoms with E-state index in [0.717, 1.165) is 25.9 Å². The molecular weight excluding hydrogens is 382 g/mol. The van der Waals surface area contributed by atoms with Crippen molar-refractivity contribution in [1.82, 2.24) is 4.90 Å². The van der Waals surface area contributed by atoms with Crippen molar-refractivity contribution in [2.75, 3.05) is 0 Å². The molecule has 0 saturated carbocycles. The van der Waals surface area contributed by atoms with Gasteiger partial charge in [0.25, 0.3) is 0 Å². The number of hydrogen-bond acceptors (Lipinski definition) is 1. The van der Waals surface area contributed by atoms with E-state index in [9.17, 15) is 0 Å². The molecule has 0 heterocycles. The standard InChI is InChI=1S/C24H22BrN/c25-24-13-7-12-21-14-15-22(16-23(21)24)26(17-19-8-3-1-4-9-19)18-20-10-5-2-6-11-20/h1-13,16H,14-15,17-18H2. The van der Waals surface area contributed by atoms with Crippen LogP contribution in [-0.2, 0) is 19.5 Å². The van der Waals surface area contributed by atoms with Gasteiger partial charge in [-0.1, -0.05) is 88.7 Å². The maximum atomic E-state index is 3.73. The molecule has 0 unspecified atom stereocenters. The van der Waals surface area contributed by atoms with Crippen LogP contribution in [0.1, 0.15) is 28.7 Å². The molecule has 1 aliphatic carbocycles.